The summed E-state index contributed by atoms with van der Waals surface area (Å²) >= 11 is 6.39. The Bertz CT molecular complexity index is 1510. The van der Waals surface area contributed by atoms with Gasteiger partial charge in [0.1, 0.15) is 12.0 Å². The maximum Gasteiger partial charge on any atom is 0.333 e. The Balaban J connectivity index is 1.33. The van der Waals surface area contributed by atoms with Crippen molar-refractivity contribution in [3.63, 3.8) is 0 Å². The van der Waals surface area contributed by atoms with Crippen molar-refractivity contribution in [3.8, 4) is 11.4 Å². The summed E-state index contributed by atoms with van der Waals surface area (Å²) in [6.45, 7) is 7.31. The number of rotatable bonds is 13. The van der Waals surface area contributed by atoms with Crippen LogP contribution in [-0.4, -0.2) is 78.7 Å². The summed E-state index contributed by atoms with van der Waals surface area (Å²) in [6.07, 6.45) is 0.574. The van der Waals surface area contributed by atoms with Crippen LogP contribution in [0.15, 0.2) is 71.5 Å². The van der Waals surface area contributed by atoms with Crippen LogP contribution in [0.25, 0.3) is 16.7 Å². The van der Waals surface area contributed by atoms with Crippen molar-refractivity contribution < 1.29 is 9.47 Å². The zero-order valence-corrected chi connectivity index (χ0v) is 25.2. The van der Waals surface area contributed by atoms with Gasteiger partial charge in [-0.05, 0) is 66.6 Å². The summed E-state index contributed by atoms with van der Waals surface area (Å²) in [6, 6.07) is 22.1. The smallest absolute Gasteiger partial charge is 0.333 e. The van der Waals surface area contributed by atoms with E-state index >= 15 is 0 Å². The Morgan fingerprint density at radius 3 is 2.31 bits per heavy atom. The van der Waals surface area contributed by atoms with Crippen LogP contribution in [-0.2, 0) is 24.4 Å². The van der Waals surface area contributed by atoms with Crippen LogP contribution in [0.3, 0.4) is 0 Å². The maximum atomic E-state index is 13.8. The summed E-state index contributed by atoms with van der Waals surface area (Å²) < 4.78 is 14.3. The standard InChI is InChI=1S/C32H41ClN6O3/c1-41-27-11-9-26(10-12-27)39-30-20-24(8-13-29(30)38(32(39)40)15-5-14-35-31(21-34)42-2)22-36-16-18-37(19-17-36)23-25-6-3-4-7-28(25)33/h3-4,6-13,20,31,35H,5,14-19,21-23,34H2,1-2H3. The van der Waals surface area contributed by atoms with Crippen molar-refractivity contribution >= 4 is 22.6 Å². The molecule has 4 aromatic rings. The summed E-state index contributed by atoms with van der Waals surface area (Å²) in [5.74, 6) is 0.753. The first-order valence-electron chi connectivity index (χ1n) is 14.5. The first-order chi connectivity index (χ1) is 20.5. The summed E-state index contributed by atoms with van der Waals surface area (Å²) in [5.41, 5.74) is 10.7. The van der Waals surface area contributed by atoms with E-state index in [-0.39, 0.29) is 11.9 Å². The second-order valence-corrected chi connectivity index (χ2v) is 11.1. The molecule has 2 heterocycles. The second kappa shape index (κ2) is 14.3. The molecule has 0 amide bonds. The zero-order chi connectivity index (χ0) is 29.5. The van der Waals surface area contributed by atoms with Gasteiger partial charge in [0.2, 0.25) is 0 Å². The van der Waals surface area contributed by atoms with Crippen LogP contribution in [0.4, 0.5) is 0 Å². The van der Waals surface area contributed by atoms with Gasteiger partial charge in [0.05, 0.1) is 23.8 Å². The van der Waals surface area contributed by atoms with Crippen LogP contribution in [0.5, 0.6) is 5.75 Å². The van der Waals surface area contributed by atoms with Gasteiger partial charge >= 0.3 is 5.69 Å². The number of imidazole rings is 1. The van der Waals surface area contributed by atoms with Gasteiger partial charge in [-0.25, -0.2) is 4.79 Å². The van der Waals surface area contributed by atoms with Gasteiger partial charge in [0.15, 0.2) is 0 Å². The lowest BCUT2D eigenvalue weighted by atomic mass is 10.1. The number of ether oxygens (including phenoxy) is 2. The first kappa shape index (κ1) is 30.3. The molecule has 1 atom stereocenters. The number of aryl methyl sites for hydroxylation is 1. The van der Waals surface area contributed by atoms with Crippen molar-refractivity contribution in [3.05, 3.63) is 93.4 Å². The number of hydrogen-bond donors (Lipinski definition) is 2. The van der Waals surface area contributed by atoms with Gasteiger partial charge in [-0.3, -0.25) is 24.3 Å². The molecule has 0 radical (unpaired) electrons. The monoisotopic (exact) mass is 592 g/mol. The third-order valence-corrected chi connectivity index (χ3v) is 8.35. The molecule has 1 saturated heterocycles. The predicted octanol–water partition coefficient (Wildman–Crippen LogP) is 3.68. The van der Waals surface area contributed by atoms with Gasteiger partial charge < -0.3 is 15.2 Å². The highest BCUT2D eigenvalue weighted by molar-refractivity contribution is 6.31. The number of nitrogens with one attached hydrogen (secondary N) is 1. The molecule has 0 spiro atoms. The molecule has 0 bridgehead atoms. The van der Waals surface area contributed by atoms with E-state index in [2.05, 4.69) is 39.4 Å². The summed E-state index contributed by atoms with van der Waals surface area (Å²) in [4.78, 5) is 18.7. The highest BCUT2D eigenvalue weighted by Gasteiger charge is 2.20. The molecule has 5 rings (SSSR count). The van der Waals surface area contributed by atoms with Crippen molar-refractivity contribution in [1.82, 2.24) is 24.3 Å². The highest BCUT2D eigenvalue weighted by Crippen LogP contribution is 2.23. The number of halogens is 1. The minimum Gasteiger partial charge on any atom is -0.497 e. The molecule has 224 valence electrons. The van der Waals surface area contributed by atoms with Crippen LogP contribution in [0, 0.1) is 0 Å². The van der Waals surface area contributed by atoms with E-state index in [0.717, 1.165) is 73.2 Å². The fourth-order valence-electron chi connectivity index (χ4n) is 5.59. The topological polar surface area (TPSA) is 89.9 Å². The lowest BCUT2D eigenvalue weighted by Gasteiger charge is -2.35. The van der Waals surface area contributed by atoms with Crippen LogP contribution in [0.2, 0.25) is 5.02 Å². The Labute approximate surface area is 252 Å². The predicted molar refractivity (Wildman–Crippen MR) is 169 cm³/mol. The van der Waals surface area contributed by atoms with Gasteiger partial charge in [-0.1, -0.05) is 35.9 Å². The normalized spacial score (nSPS) is 15.3. The number of hydrogen-bond acceptors (Lipinski definition) is 7. The number of fused-ring (bicyclic) bond motifs is 1. The van der Waals surface area contributed by atoms with Crippen LogP contribution >= 0.6 is 11.6 Å². The lowest BCUT2D eigenvalue weighted by Crippen LogP contribution is -2.45. The Hall–Kier alpha value is -3.18. The average molecular weight is 593 g/mol. The molecule has 1 unspecified atom stereocenters. The van der Waals surface area contributed by atoms with Crippen molar-refractivity contribution in [2.24, 2.45) is 5.73 Å². The van der Waals surface area contributed by atoms with E-state index in [1.54, 1.807) is 14.2 Å². The molecule has 1 aliphatic rings. The second-order valence-electron chi connectivity index (χ2n) is 10.7. The number of benzene rings is 3. The lowest BCUT2D eigenvalue weighted by molar-refractivity contribution is 0.0806. The molecule has 9 nitrogen and oxygen atoms in total. The Kier molecular flexibility index (Phi) is 10.3. The molecule has 3 N–H and O–H groups in total. The Morgan fingerprint density at radius 2 is 1.64 bits per heavy atom. The van der Waals surface area contributed by atoms with E-state index in [1.807, 2.05) is 51.6 Å². The molecule has 1 aromatic heterocycles. The zero-order valence-electron chi connectivity index (χ0n) is 24.5. The number of aromatic nitrogens is 2. The third-order valence-electron chi connectivity index (χ3n) is 7.98. The van der Waals surface area contributed by atoms with Crippen LogP contribution < -0.4 is 21.5 Å². The molecule has 1 aliphatic heterocycles. The summed E-state index contributed by atoms with van der Waals surface area (Å²) in [7, 11) is 3.28. The quantitative estimate of drug-likeness (QED) is 0.181. The van der Waals surface area contributed by atoms with Gasteiger partial charge in [-0.15, -0.1) is 0 Å². The molecule has 10 heteroatoms. The van der Waals surface area contributed by atoms with Crippen molar-refractivity contribution in [1.29, 1.82) is 0 Å². The third kappa shape index (κ3) is 7.06. The number of nitrogens with two attached hydrogens (primary N) is 1. The highest BCUT2D eigenvalue weighted by atomic mass is 35.5. The molecule has 3 aromatic carbocycles. The van der Waals surface area contributed by atoms with Crippen LogP contribution in [0.1, 0.15) is 17.5 Å². The SMILES string of the molecule is COc1ccc(-n2c(=O)n(CCCNC(CN)OC)c3ccc(CN4CCN(Cc5ccccc5Cl)CC4)cc32)cc1. The molecule has 42 heavy (non-hydrogen) atoms. The minimum absolute atomic E-state index is 0.0531. The fraction of sp³-hybridized carbons (Fsp3) is 0.406. The molecular weight excluding hydrogens is 552 g/mol. The average Bonchev–Trinajstić information content (AvgIpc) is 3.29. The number of methoxy groups -OCH3 is 2. The van der Waals surface area contributed by atoms with E-state index in [1.165, 1.54) is 11.1 Å². The largest absolute Gasteiger partial charge is 0.497 e. The fourth-order valence-corrected chi connectivity index (χ4v) is 5.79. The number of piperazine rings is 1. The van der Waals surface area contributed by atoms with E-state index in [9.17, 15) is 4.79 Å². The number of nitrogens with zero attached hydrogens (tertiary/aromatic N) is 4. The molecule has 0 aliphatic carbocycles. The van der Waals surface area contributed by atoms with Gasteiger partial charge in [-0.2, -0.15) is 0 Å². The minimum atomic E-state index is -0.192. The van der Waals surface area contributed by atoms with Crippen molar-refractivity contribution in [2.75, 3.05) is 53.5 Å². The van der Waals surface area contributed by atoms with Crippen molar-refractivity contribution in [2.45, 2.75) is 32.3 Å². The molecule has 1 fully saturated rings. The van der Waals surface area contributed by atoms with E-state index in [4.69, 9.17) is 26.8 Å². The van der Waals surface area contributed by atoms with Gasteiger partial charge in [0.25, 0.3) is 0 Å². The van der Waals surface area contributed by atoms with E-state index < -0.39 is 0 Å². The first-order valence-corrected chi connectivity index (χ1v) is 14.9. The Morgan fingerprint density at radius 1 is 0.929 bits per heavy atom. The maximum absolute atomic E-state index is 13.8. The molecular formula is C32H41ClN6O3. The molecule has 0 saturated carbocycles. The van der Waals surface area contributed by atoms with Gasteiger partial charge in [0, 0.05) is 64.5 Å². The van der Waals surface area contributed by atoms with E-state index in [0.29, 0.717) is 19.6 Å². The summed E-state index contributed by atoms with van der Waals surface area (Å²) in [5, 5.41) is 4.11.